The van der Waals surface area contributed by atoms with Gasteiger partial charge in [0.1, 0.15) is 17.7 Å². The lowest BCUT2D eigenvalue weighted by Crippen LogP contribution is -2.16. The predicted octanol–water partition coefficient (Wildman–Crippen LogP) is 2.07. The molecular weight excluding hydrogens is 187 g/mol. The molecule has 0 amide bonds. The number of hydrogen-bond acceptors (Lipinski definition) is 2. The van der Waals surface area contributed by atoms with Crippen LogP contribution in [0, 0.1) is 5.82 Å². The van der Waals surface area contributed by atoms with E-state index in [2.05, 4.69) is 0 Å². The number of rotatable bonds is 4. The van der Waals surface area contributed by atoms with Gasteiger partial charge in [-0.25, -0.2) is 4.39 Å². The van der Waals surface area contributed by atoms with Crippen LogP contribution in [0.2, 0.25) is 0 Å². The summed E-state index contributed by atoms with van der Waals surface area (Å²) < 4.78 is 17.9. The highest BCUT2D eigenvalue weighted by Crippen LogP contribution is 2.14. The van der Waals surface area contributed by atoms with Gasteiger partial charge in [0, 0.05) is 6.07 Å². The second-order valence-corrected chi connectivity index (χ2v) is 2.98. The fourth-order valence-electron chi connectivity index (χ4n) is 1.06. The van der Waals surface area contributed by atoms with E-state index in [4.69, 9.17) is 9.84 Å². The molecule has 1 aromatic carbocycles. The number of carboxylic acid groups (broad SMARTS) is 1. The minimum Gasteiger partial charge on any atom is -0.490 e. The van der Waals surface area contributed by atoms with E-state index in [1.165, 1.54) is 18.2 Å². The monoisotopic (exact) mass is 198 g/mol. The largest absolute Gasteiger partial charge is 0.490 e. The van der Waals surface area contributed by atoms with Gasteiger partial charge < -0.3 is 9.84 Å². The van der Waals surface area contributed by atoms with Gasteiger partial charge in [0.25, 0.3) is 0 Å². The molecule has 0 heterocycles. The van der Waals surface area contributed by atoms with E-state index in [-0.39, 0.29) is 6.42 Å². The summed E-state index contributed by atoms with van der Waals surface area (Å²) in [6, 6.07) is 5.62. The van der Waals surface area contributed by atoms with Gasteiger partial charge in [-0.15, -0.1) is 0 Å². The molecule has 0 fully saturated rings. The van der Waals surface area contributed by atoms with Crippen molar-refractivity contribution in [1.29, 1.82) is 0 Å². The summed E-state index contributed by atoms with van der Waals surface area (Å²) in [6.07, 6.45) is -0.564. The van der Waals surface area contributed by atoms with Gasteiger partial charge in [0.15, 0.2) is 0 Å². The first-order valence-corrected chi connectivity index (χ1v) is 4.22. The molecule has 76 valence electrons. The lowest BCUT2D eigenvalue weighted by Gasteiger charge is -2.12. The van der Waals surface area contributed by atoms with Crippen molar-refractivity contribution in [3.8, 4) is 5.75 Å². The van der Waals surface area contributed by atoms with Crippen LogP contribution in [0.25, 0.3) is 0 Å². The Morgan fingerprint density at radius 1 is 1.64 bits per heavy atom. The fraction of sp³-hybridized carbons (Fsp3) is 0.300. The minimum absolute atomic E-state index is 0.101. The summed E-state index contributed by atoms with van der Waals surface area (Å²) in [6.45, 7) is 1.62. The number of carboxylic acids is 1. The highest BCUT2D eigenvalue weighted by Gasteiger charge is 2.08. The first kappa shape index (κ1) is 10.5. The second kappa shape index (κ2) is 4.60. The molecule has 1 rings (SSSR count). The molecule has 1 aromatic rings. The lowest BCUT2D eigenvalue weighted by molar-refractivity contribution is -0.138. The third-order valence-electron chi connectivity index (χ3n) is 1.60. The predicted molar refractivity (Wildman–Crippen MR) is 48.7 cm³/mol. The Balaban J connectivity index is 2.55. The Kier molecular flexibility index (Phi) is 3.45. The molecule has 0 saturated heterocycles. The van der Waals surface area contributed by atoms with Crippen LogP contribution in [0.4, 0.5) is 4.39 Å². The fourth-order valence-corrected chi connectivity index (χ4v) is 1.06. The summed E-state index contributed by atoms with van der Waals surface area (Å²) in [7, 11) is 0. The van der Waals surface area contributed by atoms with Gasteiger partial charge in [0.05, 0.1) is 6.42 Å². The molecule has 0 bridgehead atoms. The highest BCUT2D eigenvalue weighted by atomic mass is 19.1. The topological polar surface area (TPSA) is 46.5 Å². The Bertz CT molecular complexity index is 325. The van der Waals surface area contributed by atoms with Crippen molar-refractivity contribution in [1.82, 2.24) is 0 Å². The average molecular weight is 198 g/mol. The second-order valence-electron chi connectivity index (χ2n) is 2.98. The molecule has 0 spiro atoms. The van der Waals surface area contributed by atoms with Crippen molar-refractivity contribution in [3.63, 3.8) is 0 Å². The van der Waals surface area contributed by atoms with Crippen LogP contribution in [0.5, 0.6) is 5.75 Å². The Hall–Kier alpha value is -1.58. The van der Waals surface area contributed by atoms with E-state index < -0.39 is 17.9 Å². The quantitative estimate of drug-likeness (QED) is 0.805. The Morgan fingerprint density at radius 3 is 2.93 bits per heavy atom. The van der Waals surface area contributed by atoms with Gasteiger partial charge in [-0.05, 0) is 19.1 Å². The van der Waals surface area contributed by atoms with Crippen molar-refractivity contribution >= 4 is 5.97 Å². The van der Waals surface area contributed by atoms with Gasteiger partial charge >= 0.3 is 5.97 Å². The molecular formula is C10H11FO3. The van der Waals surface area contributed by atoms with Crippen molar-refractivity contribution in [2.45, 2.75) is 19.4 Å². The van der Waals surface area contributed by atoms with Crippen molar-refractivity contribution in [2.75, 3.05) is 0 Å². The van der Waals surface area contributed by atoms with Gasteiger partial charge in [-0.2, -0.15) is 0 Å². The highest BCUT2D eigenvalue weighted by molar-refractivity contribution is 5.67. The van der Waals surface area contributed by atoms with Crippen LogP contribution in [0.3, 0.4) is 0 Å². The van der Waals surface area contributed by atoms with Crippen LogP contribution in [0.1, 0.15) is 13.3 Å². The molecule has 1 atom stereocenters. The van der Waals surface area contributed by atoms with E-state index in [0.717, 1.165) is 0 Å². The summed E-state index contributed by atoms with van der Waals surface area (Å²) in [5, 5.41) is 8.46. The number of halogens is 1. The maximum atomic E-state index is 12.7. The van der Waals surface area contributed by atoms with Crippen molar-refractivity contribution in [3.05, 3.63) is 30.1 Å². The smallest absolute Gasteiger partial charge is 0.307 e. The van der Waals surface area contributed by atoms with Gasteiger partial charge in [-0.3, -0.25) is 4.79 Å². The maximum absolute atomic E-state index is 12.7. The summed E-state index contributed by atoms with van der Waals surface area (Å²) in [5.74, 6) is -0.988. The lowest BCUT2D eigenvalue weighted by atomic mass is 10.3. The zero-order valence-corrected chi connectivity index (χ0v) is 7.74. The van der Waals surface area contributed by atoms with Gasteiger partial charge in [0.2, 0.25) is 0 Å². The number of aliphatic carboxylic acids is 1. The Labute approximate surface area is 81.1 Å². The normalized spacial score (nSPS) is 12.1. The molecule has 0 aliphatic heterocycles. The van der Waals surface area contributed by atoms with Gasteiger partial charge in [-0.1, -0.05) is 6.07 Å². The summed E-state index contributed by atoms with van der Waals surface area (Å²) >= 11 is 0. The minimum atomic E-state index is -0.936. The van der Waals surface area contributed by atoms with Crippen molar-refractivity contribution in [2.24, 2.45) is 0 Å². The average Bonchev–Trinajstić information content (AvgIpc) is 2.01. The van der Waals surface area contributed by atoms with Crippen LogP contribution in [0.15, 0.2) is 24.3 Å². The standard InChI is InChI=1S/C10H11FO3/c1-7(5-10(12)13)14-9-4-2-3-8(11)6-9/h2-4,6-7H,5H2,1H3,(H,12,13)/t7-/m0/s1. The molecule has 0 unspecified atom stereocenters. The molecule has 0 aromatic heterocycles. The molecule has 1 N–H and O–H groups in total. The molecule has 0 radical (unpaired) electrons. The molecule has 0 saturated carbocycles. The maximum Gasteiger partial charge on any atom is 0.307 e. The van der Waals surface area contributed by atoms with E-state index in [0.29, 0.717) is 5.75 Å². The SMILES string of the molecule is C[C@@H](CC(=O)O)Oc1cccc(F)c1. The summed E-state index contributed by atoms with van der Waals surface area (Å²) in [4.78, 5) is 10.3. The zero-order valence-electron chi connectivity index (χ0n) is 7.74. The van der Waals surface area contributed by atoms with E-state index >= 15 is 0 Å². The molecule has 4 heteroatoms. The first-order valence-electron chi connectivity index (χ1n) is 4.22. The number of ether oxygens (including phenoxy) is 1. The Morgan fingerprint density at radius 2 is 2.36 bits per heavy atom. The molecule has 3 nitrogen and oxygen atoms in total. The van der Waals surface area contributed by atoms with E-state index in [9.17, 15) is 9.18 Å². The summed E-state index contributed by atoms with van der Waals surface area (Å²) in [5.41, 5.74) is 0. The molecule has 0 aliphatic rings. The van der Waals surface area contributed by atoms with Crippen LogP contribution in [-0.2, 0) is 4.79 Å². The number of hydrogen-bond donors (Lipinski definition) is 1. The van der Waals surface area contributed by atoms with E-state index in [1.54, 1.807) is 13.0 Å². The first-order chi connectivity index (χ1) is 6.58. The number of carbonyl (C=O) groups is 1. The van der Waals surface area contributed by atoms with Crippen LogP contribution < -0.4 is 4.74 Å². The molecule has 0 aliphatic carbocycles. The van der Waals surface area contributed by atoms with Crippen molar-refractivity contribution < 1.29 is 19.0 Å². The number of benzene rings is 1. The van der Waals surface area contributed by atoms with E-state index in [1.807, 2.05) is 0 Å². The molecule has 14 heavy (non-hydrogen) atoms. The van der Waals surface area contributed by atoms with Crippen LogP contribution >= 0.6 is 0 Å². The third kappa shape index (κ3) is 3.43. The third-order valence-corrected chi connectivity index (χ3v) is 1.60. The zero-order chi connectivity index (χ0) is 10.6. The van der Waals surface area contributed by atoms with Crippen LogP contribution in [-0.4, -0.2) is 17.2 Å².